The van der Waals surface area contributed by atoms with E-state index in [1.165, 1.54) is 0 Å². The largest absolute Gasteiger partial charge is 0.377 e. The molecule has 0 radical (unpaired) electrons. The summed E-state index contributed by atoms with van der Waals surface area (Å²) in [6, 6.07) is 5.50. The lowest BCUT2D eigenvalue weighted by atomic mass is 10.2. The number of rotatable bonds is 3. The van der Waals surface area contributed by atoms with Crippen LogP contribution in [0.4, 0.5) is 5.69 Å². The molecule has 0 bridgehead atoms. The van der Waals surface area contributed by atoms with E-state index in [2.05, 4.69) is 15.9 Å². The Bertz CT molecular complexity index is 459. The van der Waals surface area contributed by atoms with Crippen molar-refractivity contribution in [3.8, 4) is 0 Å². The van der Waals surface area contributed by atoms with Crippen molar-refractivity contribution in [2.24, 2.45) is 0 Å². The molecule has 0 spiro atoms. The molecule has 0 N–H and O–H groups in total. The molecule has 0 unspecified atom stereocenters. The second-order valence-electron chi connectivity index (χ2n) is 3.32. The molecule has 84 valence electrons. The Kier molecular flexibility index (Phi) is 4.03. The average Bonchev–Trinajstić information content (AvgIpc) is 2.05. The van der Waals surface area contributed by atoms with Crippen LogP contribution in [0.5, 0.6) is 0 Å². The van der Waals surface area contributed by atoms with Crippen LogP contribution < -0.4 is 4.90 Å². The fourth-order valence-corrected chi connectivity index (χ4v) is 2.94. The zero-order chi connectivity index (χ0) is 11.6. The van der Waals surface area contributed by atoms with E-state index >= 15 is 0 Å². The summed E-state index contributed by atoms with van der Waals surface area (Å²) in [5, 5.41) is 0. The molecular formula is C9H11BrClNO2S. The van der Waals surface area contributed by atoms with Crippen molar-refractivity contribution in [3.05, 3.63) is 28.2 Å². The first-order valence-electron chi connectivity index (χ1n) is 4.18. The molecule has 3 nitrogen and oxygen atoms in total. The second kappa shape index (κ2) is 4.72. The summed E-state index contributed by atoms with van der Waals surface area (Å²) in [6.45, 7) is 0. The van der Waals surface area contributed by atoms with Gasteiger partial charge in [0.1, 0.15) is 0 Å². The smallest absolute Gasteiger partial charge is 0.236 e. The summed E-state index contributed by atoms with van der Waals surface area (Å²) < 4.78 is 22.9. The Labute approximate surface area is 103 Å². The van der Waals surface area contributed by atoms with Crippen LogP contribution in [0.15, 0.2) is 22.7 Å². The number of benzene rings is 1. The molecule has 0 aliphatic rings. The van der Waals surface area contributed by atoms with Crippen LogP contribution >= 0.6 is 26.6 Å². The van der Waals surface area contributed by atoms with Crippen molar-refractivity contribution in [1.29, 1.82) is 0 Å². The van der Waals surface area contributed by atoms with Gasteiger partial charge in [-0.25, -0.2) is 8.42 Å². The minimum atomic E-state index is -3.54. The molecule has 1 rings (SSSR count). The predicted molar refractivity (Wildman–Crippen MR) is 66.9 cm³/mol. The van der Waals surface area contributed by atoms with E-state index < -0.39 is 9.05 Å². The molecule has 0 heterocycles. The molecule has 0 aliphatic heterocycles. The third-order valence-electron chi connectivity index (χ3n) is 1.89. The second-order valence-corrected chi connectivity index (χ2v) is 6.95. The number of hydrogen-bond donors (Lipinski definition) is 0. The predicted octanol–water partition coefficient (Wildman–Crippen LogP) is 2.58. The Hall–Kier alpha value is -0.260. The van der Waals surface area contributed by atoms with Crippen LogP contribution in [-0.2, 0) is 14.8 Å². The van der Waals surface area contributed by atoms with Crippen molar-refractivity contribution in [3.63, 3.8) is 0 Å². The van der Waals surface area contributed by atoms with Gasteiger partial charge in [-0.05, 0) is 12.1 Å². The maximum Gasteiger partial charge on any atom is 0.236 e. The minimum absolute atomic E-state index is 0.177. The van der Waals surface area contributed by atoms with Gasteiger partial charge in [-0.2, -0.15) is 0 Å². The van der Waals surface area contributed by atoms with Gasteiger partial charge >= 0.3 is 0 Å². The van der Waals surface area contributed by atoms with Crippen molar-refractivity contribution < 1.29 is 8.42 Å². The summed E-state index contributed by atoms with van der Waals surface area (Å²) in [5.74, 6) is -0.177. The van der Waals surface area contributed by atoms with Crippen molar-refractivity contribution in [1.82, 2.24) is 0 Å². The first-order valence-corrected chi connectivity index (χ1v) is 7.45. The third kappa shape index (κ3) is 3.66. The maximum atomic E-state index is 11.1. The van der Waals surface area contributed by atoms with Gasteiger partial charge in [-0.15, -0.1) is 0 Å². The fraction of sp³-hybridized carbons (Fsp3) is 0.333. The fourth-order valence-electron chi connectivity index (χ4n) is 1.28. The molecule has 1 aromatic carbocycles. The van der Waals surface area contributed by atoms with Gasteiger partial charge in [0.25, 0.3) is 0 Å². The third-order valence-corrected chi connectivity index (χ3v) is 3.60. The highest BCUT2D eigenvalue weighted by Gasteiger charge is 2.15. The lowest BCUT2D eigenvalue weighted by Crippen LogP contribution is -2.12. The topological polar surface area (TPSA) is 37.4 Å². The van der Waals surface area contributed by atoms with E-state index in [1.807, 2.05) is 31.1 Å². The monoisotopic (exact) mass is 311 g/mol. The molecule has 0 fully saturated rings. The van der Waals surface area contributed by atoms with E-state index in [0.29, 0.717) is 5.56 Å². The van der Waals surface area contributed by atoms with Crippen LogP contribution in [-0.4, -0.2) is 22.5 Å². The molecule has 1 aromatic rings. The van der Waals surface area contributed by atoms with Gasteiger partial charge < -0.3 is 4.90 Å². The summed E-state index contributed by atoms with van der Waals surface area (Å²) in [4.78, 5) is 1.85. The average molecular weight is 313 g/mol. The van der Waals surface area contributed by atoms with Gasteiger partial charge in [-0.1, -0.05) is 22.0 Å². The highest BCUT2D eigenvalue weighted by Crippen LogP contribution is 2.29. The van der Waals surface area contributed by atoms with Crippen molar-refractivity contribution >= 4 is 41.4 Å². The number of anilines is 1. The van der Waals surface area contributed by atoms with Crippen LogP contribution in [0.2, 0.25) is 0 Å². The van der Waals surface area contributed by atoms with Crippen molar-refractivity contribution in [2.75, 3.05) is 19.0 Å². The molecule has 0 amide bonds. The molecular weight excluding hydrogens is 302 g/mol. The molecule has 0 aromatic heterocycles. The van der Waals surface area contributed by atoms with Gasteiger partial charge in [0, 0.05) is 40.5 Å². The maximum absolute atomic E-state index is 11.1. The quantitative estimate of drug-likeness (QED) is 0.805. The summed E-state index contributed by atoms with van der Waals surface area (Å²) in [6.07, 6.45) is 0. The summed E-state index contributed by atoms with van der Waals surface area (Å²) >= 11 is 3.32. The SMILES string of the molecule is CN(C)c1cccc(Br)c1CS(=O)(=O)Cl. The number of nitrogens with zero attached hydrogens (tertiary/aromatic N) is 1. The molecule has 0 saturated heterocycles. The van der Waals surface area contributed by atoms with Crippen LogP contribution in [0, 0.1) is 0 Å². The minimum Gasteiger partial charge on any atom is -0.377 e. The zero-order valence-electron chi connectivity index (χ0n) is 8.37. The Morgan fingerprint density at radius 2 is 2.00 bits per heavy atom. The molecule has 0 atom stereocenters. The van der Waals surface area contributed by atoms with E-state index in [0.717, 1.165) is 10.2 Å². The molecule has 6 heteroatoms. The van der Waals surface area contributed by atoms with Gasteiger partial charge in [0.15, 0.2) is 0 Å². The van der Waals surface area contributed by atoms with E-state index in [-0.39, 0.29) is 5.75 Å². The normalized spacial score (nSPS) is 11.5. The molecule has 0 saturated carbocycles. The standard InChI is InChI=1S/C9H11BrClNO2S/c1-12(2)9-5-3-4-8(10)7(9)6-15(11,13)14/h3-5H,6H2,1-2H3. The van der Waals surface area contributed by atoms with Crippen molar-refractivity contribution in [2.45, 2.75) is 5.75 Å². The lowest BCUT2D eigenvalue weighted by Gasteiger charge is -2.17. The highest BCUT2D eigenvalue weighted by molar-refractivity contribution is 9.10. The molecule has 15 heavy (non-hydrogen) atoms. The summed E-state index contributed by atoms with van der Waals surface area (Å²) in [5.41, 5.74) is 1.52. The number of hydrogen-bond acceptors (Lipinski definition) is 3. The Morgan fingerprint density at radius 1 is 1.40 bits per heavy atom. The van der Waals surface area contributed by atoms with Crippen LogP contribution in [0.1, 0.15) is 5.56 Å². The van der Waals surface area contributed by atoms with E-state index in [4.69, 9.17) is 10.7 Å². The first-order chi connectivity index (χ1) is 6.81. The Balaban J connectivity index is 3.25. The van der Waals surface area contributed by atoms with E-state index in [1.54, 1.807) is 6.07 Å². The first kappa shape index (κ1) is 12.8. The van der Waals surface area contributed by atoms with Gasteiger partial charge in [0.05, 0.1) is 5.75 Å². The van der Waals surface area contributed by atoms with Crippen LogP contribution in [0.3, 0.4) is 0 Å². The lowest BCUT2D eigenvalue weighted by molar-refractivity contribution is 0.609. The highest BCUT2D eigenvalue weighted by atomic mass is 79.9. The summed E-state index contributed by atoms with van der Waals surface area (Å²) in [7, 11) is 5.42. The van der Waals surface area contributed by atoms with E-state index in [9.17, 15) is 8.42 Å². The number of halogens is 2. The van der Waals surface area contributed by atoms with Crippen LogP contribution in [0.25, 0.3) is 0 Å². The van der Waals surface area contributed by atoms with Gasteiger partial charge in [-0.3, -0.25) is 0 Å². The zero-order valence-corrected chi connectivity index (χ0v) is 11.5. The Morgan fingerprint density at radius 3 is 2.47 bits per heavy atom. The molecule has 0 aliphatic carbocycles. The van der Waals surface area contributed by atoms with Gasteiger partial charge in [0.2, 0.25) is 9.05 Å².